The van der Waals surface area contributed by atoms with Crippen molar-refractivity contribution in [2.45, 2.75) is 18.0 Å². The molecule has 196 valence electrons. The van der Waals surface area contributed by atoms with Crippen molar-refractivity contribution in [1.29, 1.82) is 0 Å². The first-order valence-corrected chi connectivity index (χ1v) is 12.9. The molecule has 0 aliphatic rings. The van der Waals surface area contributed by atoms with Gasteiger partial charge in [0.15, 0.2) is 5.75 Å². The molecule has 6 nitrogen and oxygen atoms in total. The second-order valence-corrected chi connectivity index (χ2v) is 10.2. The van der Waals surface area contributed by atoms with E-state index in [1.54, 1.807) is 67.6 Å². The average Bonchev–Trinajstić information content (AvgIpc) is 2.89. The Hall–Kier alpha value is -4.31. The Labute approximate surface area is 218 Å². The van der Waals surface area contributed by atoms with E-state index in [1.807, 2.05) is 6.07 Å². The van der Waals surface area contributed by atoms with E-state index in [0.29, 0.717) is 21.9 Å². The molecule has 4 aromatic rings. The third-order valence-electron chi connectivity index (χ3n) is 5.49. The Morgan fingerprint density at radius 3 is 2.21 bits per heavy atom. The first-order chi connectivity index (χ1) is 18.0. The number of rotatable bonds is 8. The summed E-state index contributed by atoms with van der Waals surface area (Å²) in [6, 6.07) is 25.0. The maximum Gasteiger partial charge on any atom is 0.416 e. The van der Waals surface area contributed by atoms with Crippen molar-refractivity contribution in [3.8, 4) is 11.5 Å². The van der Waals surface area contributed by atoms with Crippen LogP contribution in [0.4, 0.5) is 24.5 Å². The third-order valence-corrected chi connectivity index (χ3v) is 7.28. The average molecular weight is 541 g/mol. The van der Waals surface area contributed by atoms with E-state index in [9.17, 15) is 26.4 Å². The number of hydrogen-bond donors (Lipinski definition) is 1. The molecule has 0 fully saturated rings. The van der Waals surface area contributed by atoms with Gasteiger partial charge in [-0.25, -0.2) is 8.42 Å². The van der Waals surface area contributed by atoms with Crippen LogP contribution in [0.3, 0.4) is 0 Å². The van der Waals surface area contributed by atoms with E-state index >= 15 is 0 Å². The summed E-state index contributed by atoms with van der Waals surface area (Å²) in [7, 11) is -4.41. The second-order valence-electron chi connectivity index (χ2n) is 8.33. The number of aryl methyl sites for hydroxylation is 1. The Morgan fingerprint density at radius 2 is 1.53 bits per heavy atom. The normalized spacial score (nSPS) is 11.6. The molecule has 0 atom stereocenters. The molecule has 0 unspecified atom stereocenters. The fraction of sp³-hybridized carbons (Fsp3) is 0.107. The van der Waals surface area contributed by atoms with Gasteiger partial charge < -0.3 is 10.1 Å². The minimum absolute atomic E-state index is 0.166. The smallest absolute Gasteiger partial charge is 0.416 e. The molecule has 0 radical (unpaired) electrons. The lowest BCUT2D eigenvalue weighted by Crippen LogP contribution is -2.38. The Morgan fingerprint density at radius 1 is 0.868 bits per heavy atom. The zero-order chi connectivity index (χ0) is 27.3. The summed E-state index contributed by atoms with van der Waals surface area (Å²) < 4.78 is 73.8. The lowest BCUT2D eigenvalue weighted by Gasteiger charge is -2.25. The molecule has 1 amide bonds. The third kappa shape index (κ3) is 6.33. The molecule has 0 aliphatic heterocycles. The number of alkyl halides is 3. The van der Waals surface area contributed by atoms with Crippen LogP contribution in [-0.4, -0.2) is 20.9 Å². The lowest BCUT2D eigenvalue weighted by molar-refractivity contribution is -0.137. The van der Waals surface area contributed by atoms with Gasteiger partial charge in [0, 0.05) is 0 Å². The van der Waals surface area contributed by atoms with Crippen molar-refractivity contribution in [2.75, 3.05) is 16.2 Å². The molecule has 38 heavy (non-hydrogen) atoms. The van der Waals surface area contributed by atoms with Crippen LogP contribution < -0.4 is 14.4 Å². The van der Waals surface area contributed by atoms with Crippen molar-refractivity contribution in [3.63, 3.8) is 0 Å². The molecular weight excluding hydrogens is 517 g/mol. The van der Waals surface area contributed by atoms with Crippen LogP contribution in [0.5, 0.6) is 11.5 Å². The SMILES string of the molecule is Cc1ccc(S(=O)(=O)N(CC(=O)Nc2ccccc2Oc2ccccc2)c2cccc(C(F)(F)F)c2)cc1. The number of para-hydroxylation sites is 3. The maximum absolute atomic E-state index is 13.5. The van der Waals surface area contributed by atoms with Crippen molar-refractivity contribution in [3.05, 3.63) is 114 Å². The topological polar surface area (TPSA) is 75.7 Å². The maximum atomic E-state index is 13.5. The van der Waals surface area contributed by atoms with Crippen molar-refractivity contribution < 1.29 is 31.1 Å². The highest BCUT2D eigenvalue weighted by Crippen LogP contribution is 2.34. The molecule has 0 aliphatic carbocycles. The first kappa shape index (κ1) is 26.7. The lowest BCUT2D eigenvalue weighted by atomic mass is 10.2. The molecule has 0 spiro atoms. The first-order valence-electron chi connectivity index (χ1n) is 11.4. The summed E-state index contributed by atoms with van der Waals surface area (Å²) in [5.74, 6) is 0.0445. The largest absolute Gasteiger partial charge is 0.455 e. The number of anilines is 2. The second kappa shape index (κ2) is 11.0. The summed E-state index contributed by atoms with van der Waals surface area (Å²) in [5.41, 5.74) is -0.286. The van der Waals surface area contributed by atoms with Gasteiger partial charge in [-0.1, -0.05) is 54.1 Å². The van der Waals surface area contributed by atoms with Gasteiger partial charge >= 0.3 is 6.18 Å². The number of ether oxygens (including phenoxy) is 1. The van der Waals surface area contributed by atoms with E-state index in [4.69, 9.17) is 4.74 Å². The number of hydrogen-bond acceptors (Lipinski definition) is 4. The minimum atomic E-state index is -4.70. The van der Waals surface area contributed by atoms with Gasteiger partial charge in [0.1, 0.15) is 12.3 Å². The number of sulfonamides is 1. The highest BCUT2D eigenvalue weighted by atomic mass is 32.2. The monoisotopic (exact) mass is 540 g/mol. The minimum Gasteiger partial charge on any atom is -0.455 e. The number of benzene rings is 4. The number of carbonyl (C=O) groups excluding carboxylic acids is 1. The summed E-state index contributed by atoms with van der Waals surface area (Å²) in [6.07, 6.45) is -4.70. The Balaban J connectivity index is 1.67. The Kier molecular flexibility index (Phi) is 7.72. The molecule has 0 saturated heterocycles. The van der Waals surface area contributed by atoms with E-state index in [2.05, 4.69) is 5.32 Å². The van der Waals surface area contributed by atoms with Crippen LogP contribution >= 0.6 is 0 Å². The summed E-state index contributed by atoms with van der Waals surface area (Å²) in [5, 5.41) is 2.62. The zero-order valence-electron chi connectivity index (χ0n) is 20.1. The number of nitrogens with zero attached hydrogens (tertiary/aromatic N) is 1. The van der Waals surface area contributed by atoms with Gasteiger partial charge in [-0.05, 0) is 61.5 Å². The number of nitrogens with one attached hydrogen (secondary N) is 1. The highest BCUT2D eigenvalue weighted by molar-refractivity contribution is 7.92. The fourth-order valence-corrected chi connectivity index (χ4v) is 5.00. The van der Waals surface area contributed by atoms with Crippen molar-refractivity contribution in [1.82, 2.24) is 0 Å². The quantitative estimate of drug-likeness (QED) is 0.272. The van der Waals surface area contributed by atoms with E-state index in [1.165, 1.54) is 18.2 Å². The molecule has 4 rings (SSSR count). The highest BCUT2D eigenvalue weighted by Gasteiger charge is 2.33. The van der Waals surface area contributed by atoms with Crippen molar-refractivity contribution in [2.24, 2.45) is 0 Å². The predicted octanol–water partition coefficient (Wildman–Crippen LogP) is 6.64. The van der Waals surface area contributed by atoms with Crippen LogP contribution in [0, 0.1) is 6.92 Å². The van der Waals surface area contributed by atoms with Crippen LogP contribution in [0.1, 0.15) is 11.1 Å². The zero-order valence-corrected chi connectivity index (χ0v) is 21.0. The van der Waals surface area contributed by atoms with E-state index in [0.717, 1.165) is 17.7 Å². The van der Waals surface area contributed by atoms with E-state index in [-0.39, 0.29) is 16.3 Å². The molecule has 0 heterocycles. The van der Waals surface area contributed by atoms with Crippen LogP contribution in [0.15, 0.2) is 108 Å². The van der Waals surface area contributed by atoms with Gasteiger partial charge in [-0.2, -0.15) is 13.2 Å². The standard InChI is InChI=1S/C28H23F3N2O4S/c1-20-14-16-24(17-15-20)38(35,36)33(22-9-7-8-21(18-22)28(29,30)31)19-27(34)32-25-12-5-6-13-26(25)37-23-10-3-2-4-11-23/h2-18H,19H2,1H3,(H,32,34). The van der Waals surface area contributed by atoms with E-state index < -0.39 is 34.2 Å². The molecule has 10 heteroatoms. The Bertz CT molecular complexity index is 1520. The van der Waals surface area contributed by atoms with Gasteiger partial charge in [0.05, 0.1) is 21.8 Å². The fourth-order valence-electron chi connectivity index (χ4n) is 3.58. The summed E-state index contributed by atoms with van der Waals surface area (Å²) in [6.45, 7) is 0.987. The van der Waals surface area contributed by atoms with Crippen LogP contribution in [-0.2, 0) is 21.0 Å². The van der Waals surface area contributed by atoms with Gasteiger partial charge in [0.25, 0.3) is 10.0 Å². The molecule has 1 N–H and O–H groups in total. The molecular formula is C28H23F3N2O4S. The van der Waals surface area contributed by atoms with Crippen molar-refractivity contribution >= 4 is 27.3 Å². The summed E-state index contributed by atoms with van der Waals surface area (Å²) in [4.78, 5) is 13.0. The van der Waals surface area contributed by atoms with Gasteiger partial charge in [-0.15, -0.1) is 0 Å². The molecule has 0 bridgehead atoms. The van der Waals surface area contributed by atoms with Gasteiger partial charge in [0.2, 0.25) is 5.91 Å². The predicted molar refractivity (Wildman–Crippen MR) is 139 cm³/mol. The van der Waals surface area contributed by atoms with Crippen LogP contribution in [0.2, 0.25) is 0 Å². The molecule has 0 aromatic heterocycles. The van der Waals surface area contributed by atoms with Crippen LogP contribution in [0.25, 0.3) is 0 Å². The number of amides is 1. The van der Waals surface area contributed by atoms with Gasteiger partial charge in [-0.3, -0.25) is 9.10 Å². The number of carbonyl (C=O) groups is 1. The summed E-state index contributed by atoms with van der Waals surface area (Å²) >= 11 is 0. The number of halogens is 3. The molecule has 0 saturated carbocycles. The molecule has 4 aromatic carbocycles.